The standard InChI is InChI=1S/C35H34N4O2/c1-4-11-32-37-33-23(2)20-26(34-36-29-14-7-5-6-8-15-30(29)38(34)3)21-31(33)39(32)22-24-16-18-25(19-17-24)27-12-9-10-13-28(27)35(40)41/h5,7-10,12-13,15-21H,4,6,11,14,22H2,1-3H3,(H,40,41)/b7-5-,15-8-. The van der Waals surface area contributed by atoms with Crippen molar-refractivity contribution in [1.82, 2.24) is 19.1 Å². The first kappa shape index (κ1) is 26.5. The van der Waals surface area contributed by atoms with Crippen LogP contribution in [-0.4, -0.2) is 30.2 Å². The van der Waals surface area contributed by atoms with Gasteiger partial charge < -0.3 is 14.2 Å². The Morgan fingerprint density at radius 3 is 2.56 bits per heavy atom. The molecule has 5 aromatic rings. The molecular weight excluding hydrogens is 508 g/mol. The van der Waals surface area contributed by atoms with Gasteiger partial charge in [0.05, 0.1) is 28.0 Å². The minimum Gasteiger partial charge on any atom is -0.478 e. The quantitative estimate of drug-likeness (QED) is 0.215. The fourth-order valence-corrected chi connectivity index (χ4v) is 5.79. The van der Waals surface area contributed by atoms with Crippen LogP contribution >= 0.6 is 0 Å². The molecule has 3 aromatic carbocycles. The molecule has 1 aliphatic rings. The SMILES string of the molecule is CCCc1nc2c(C)cc(-c3nc4c(n3C)/C=C\C/C=C\C4)cc2n1Cc1ccc(-c2ccccc2C(=O)O)cc1. The number of rotatable bonds is 7. The summed E-state index contributed by atoms with van der Waals surface area (Å²) in [6.45, 7) is 5.00. The van der Waals surface area contributed by atoms with E-state index >= 15 is 0 Å². The predicted octanol–water partition coefficient (Wildman–Crippen LogP) is 7.63. The van der Waals surface area contributed by atoms with Crippen molar-refractivity contribution in [2.75, 3.05) is 0 Å². The molecule has 2 aromatic heterocycles. The number of aromatic carboxylic acids is 1. The third-order valence-electron chi connectivity index (χ3n) is 7.86. The molecular formula is C35H34N4O2. The molecule has 0 fully saturated rings. The monoisotopic (exact) mass is 542 g/mol. The third kappa shape index (κ3) is 5.02. The number of allylic oxidation sites excluding steroid dienone is 3. The van der Waals surface area contributed by atoms with E-state index in [9.17, 15) is 9.90 Å². The maximum absolute atomic E-state index is 11.7. The van der Waals surface area contributed by atoms with Gasteiger partial charge in [-0.2, -0.15) is 0 Å². The van der Waals surface area contributed by atoms with Gasteiger partial charge in [-0.1, -0.05) is 67.6 Å². The van der Waals surface area contributed by atoms with Gasteiger partial charge in [-0.25, -0.2) is 14.8 Å². The average molecular weight is 543 g/mol. The summed E-state index contributed by atoms with van der Waals surface area (Å²) in [7, 11) is 2.10. The highest BCUT2D eigenvalue weighted by molar-refractivity contribution is 5.96. The highest BCUT2D eigenvalue weighted by atomic mass is 16.4. The lowest BCUT2D eigenvalue weighted by Crippen LogP contribution is -2.05. The third-order valence-corrected chi connectivity index (χ3v) is 7.86. The molecule has 0 unspecified atom stereocenters. The highest BCUT2D eigenvalue weighted by Crippen LogP contribution is 2.31. The smallest absolute Gasteiger partial charge is 0.336 e. The van der Waals surface area contributed by atoms with Crippen molar-refractivity contribution >= 4 is 23.1 Å². The minimum atomic E-state index is -0.919. The number of nitrogens with zero attached hydrogens (tertiary/aromatic N) is 4. The Morgan fingerprint density at radius 1 is 0.976 bits per heavy atom. The van der Waals surface area contributed by atoms with Crippen molar-refractivity contribution in [3.05, 3.63) is 113 Å². The summed E-state index contributed by atoms with van der Waals surface area (Å²) in [6, 6.07) is 19.8. The molecule has 0 saturated carbocycles. The van der Waals surface area contributed by atoms with Gasteiger partial charge in [0, 0.05) is 32.0 Å². The number of fused-ring (bicyclic) bond motifs is 2. The lowest BCUT2D eigenvalue weighted by Gasteiger charge is -2.12. The molecule has 0 bridgehead atoms. The summed E-state index contributed by atoms with van der Waals surface area (Å²) in [4.78, 5) is 21.9. The Labute approximate surface area is 240 Å². The van der Waals surface area contributed by atoms with Crippen LogP contribution < -0.4 is 0 Å². The van der Waals surface area contributed by atoms with Crippen molar-refractivity contribution in [3.63, 3.8) is 0 Å². The number of aryl methyl sites for hydroxylation is 2. The Balaban J connectivity index is 1.41. The van der Waals surface area contributed by atoms with Gasteiger partial charge in [0.1, 0.15) is 11.6 Å². The van der Waals surface area contributed by atoms with Crippen LogP contribution in [-0.2, 0) is 26.4 Å². The number of benzene rings is 3. The molecule has 0 atom stereocenters. The Morgan fingerprint density at radius 2 is 1.78 bits per heavy atom. The second-order valence-corrected chi connectivity index (χ2v) is 10.7. The summed E-state index contributed by atoms with van der Waals surface area (Å²) in [5.74, 6) is 1.12. The molecule has 1 aliphatic carbocycles. The molecule has 0 saturated heterocycles. The summed E-state index contributed by atoms with van der Waals surface area (Å²) >= 11 is 0. The Bertz CT molecular complexity index is 1820. The minimum absolute atomic E-state index is 0.308. The molecule has 0 aliphatic heterocycles. The molecule has 41 heavy (non-hydrogen) atoms. The van der Waals surface area contributed by atoms with E-state index in [-0.39, 0.29) is 0 Å². The lowest BCUT2D eigenvalue weighted by atomic mass is 9.98. The molecule has 0 spiro atoms. The van der Waals surface area contributed by atoms with Crippen LogP contribution in [0.15, 0.2) is 78.9 Å². The number of hydrogen-bond acceptors (Lipinski definition) is 3. The molecule has 206 valence electrons. The van der Waals surface area contributed by atoms with Crippen LogP contribution in [0.2, 0.25) is 0 Å². The molecule has 0 radical (unpaired) electrons. The maximum Gasteiger partial charge on any atom is 0.336 e. The molecule has 6 rings (SSSR count). The van der Waals surface area contributed by atoms with Crippen molar-refractivity contribution in [1.29, 1.82) is 0 Å². The second-order valence-electron chi connectivity index (χ2n) is 10.7. The average Bonchev–Trinajstić information content (AvgIpc) is 3.45. The van der Waals surface area contributed by atoms with Crippen LogP contribution in [0.3, 0.4) is 0 Å². The van der Waals surface area contributed by atoms with Gasteiger partial charge in [0.15, 0.2) is 0 Å². The number of carboxylic acid groups (broad SMARTS) is 1. The first-order valence-electron chi connectivity index (χ1n) is 14.2. The number of carboxylic acids is 1. The van der Waals surface area contributed by atoms with Gasteiger partial charge in [0.25, 0.3) is 0 Å². The van der Waals surface area contributed by atoms with Gasteiger partial charge in [0.2, 0.25) is 0 Å². The zero-order chi connectivity index (χ0) is 28.5. The first-order chi connectivity index (χ1) is 19.9. The first-order valence-corrected chi connectivity index (χ1v) is 14.2. The number of hydrogen-bond donors (Lipinski definition) is 1. The maximum atomic E-state index is 11.7. The van der Waals surface area contributed by atoms with E-state index in [0.29, 0.717) is 12.1 Å². The van der Waals surface area contributed by atoms with Crippen molar-refractivity contribution in [2.45, 2.75) is 46.1 Å². The molecule has 6 nitrogen and oxygen atoms in total. The van der Waals surface area contributed by atoms with Crippen LogP contribution in [0.4, 0.5) is 0 Å². The van der Waals surface area contributed by atoms with E-state index in [0.717, 1.165) is 87.6 Å². The van der Waals surface area contributed by atoms with E-state index in [1.807, 2.05) is 24.3 Å². The fourth-order valence-electron chi connectivity index (χ4n) is 5.79. The van der Waals surface area contributed by atoms with Gasteiger partial charge in [-0.3, -0.25) is 0 Å². The topological polar surface area (TPSA) is 72.9 Å². The lowest BCUT2D eigenvalue weighted by molar-refractivity contribution is 0.0697. The zero-order valence-electron chi connectivity index (χ0n) is 23.8. The van der Waals surface area contributed by atoms with Crippen LogP contribution in [0.1, 0.15) is 58.5 Å². The largest absolute Gasteiger partial charge is 0.478 e. The summed E-state index contributed by atoms with van der Waals surface area (Å²) in [6.07, 6.45) is 12.4. The molecule has 0 amide bonds. The fraction of sp³-hybridized carbons (Fsp3) is 0.229. The predicted molar refractivity (Wildman–Crippen MR) is 165 cm³/mol. The molecule has 2 heterocycles. The van der Waals surface area contributed by atoms with E-state index in [1.165, 1.54) is 0 Å². The van der Waals surface area contributed by atoms with E-state index in [1.54, 1.807) is 12.1 Å². The van der Waals surface area contributed by atoms with Gasteiger partial charge in [-0.15, -0.1) is 0 Å². The molecule has 6 heteroatoms. The summed E-state index contributed by atoms with van der Waals surface area (Å²) < 4.78 is 4.53. The zero-order valence-corrected chi connectivity index (χ0v) is 23.8. The number of carbonyl (C=O) groups is 1. The highest BCUT2D eigenvalue weighted by Gasteiger charge is 2.19. The number of imidazole rings is 2. The number of aromatic nitrogens is 4. The van der Waals surface area contributed by atoms with E-state index in [2.05, 4.69) is 78.6 Å². The summed E-state index contributed by atoms with van der Waals surface area (Å²) in [5, 5.41) is 9.63. The van der Waals surface area contributed by atoms with Crippen molar-refractivity contribution < 1.29 is 9.90 Å². The van der Waals surface area contributed by atoms with Crippen molar-refractivity contribution in [3.8, 4) is 22.5 Å². The van der Waals surface area contributed by atoms with Gasteiger partial charge in [-0.05, 0) is 66.3 Å². The van der Waals surface area contributed by atoms with Crippen molar-refractivity contribution in [2.24, 2.45) is 7.05 Å². The molecule has 1 N–H and O–H groups in total. The van der Waals surface area contributed by atoms with Crippen LogP contribution in [0.25, 0.3) is 39.6 Å². The Hall–Kier alpha value is -4.71. The summed E-state index contributed by atoms with van der Waals surface area (Å²) in [5.41, 5.74) is 9.68. The van der Waals surface area contributed by atoms with E-state index < -0.39 is 5.97 Å². The van der Waals surface area contributed by atoms with E-state index in [4.69, 9.17) is 9.97 Å². The Kier molecular flexibility index (Phi) is 7.14. The van der Waals surface area contributed by atoms with Crippen LogP contribution in [0, 0.1) is 6.92 Å². The second kappa shape index (κ2) is 11.0. The van der Waals surface area contributed by atoms with Gasteiger partial charge >= 0.3 is 5.97 Å². The van der Waals surface area contributed by atoms with Crippen LogP contribution in [0.5, 0.6) is 0 Å². The normalized spacial score (nSPS) is 14.4.